The number of carbonyl (C=O) groups excluding carboxylic acids is 2. The molecule has 0 aromatic heterocycles. The molecule has 2 aromatic rings. The number of anilines is 1. The van der Waals surface area contributed by atoms with E-state index in [0.29, 0.717) is 5.75 Å². The van der Waals surface area contributed by atoms with E-state index in [4.69, 9.17) is 4.74 Å². The van der Waals surface area contributed by atoms with Gasteiger partial charge in [0.05, 0.1) is 12.8 Å². The number of carbonyl (C=O) groups is 2. The molecule has 1 unspecified atom stereocenters. The van der Waals surface area contributed by atoms with E-state index >= 15 is 0 Å². The maximum absolute atomic E-state index is 14.7. The summed E-state index contributed by atoms with van der Waals surface area (Å²) >= 11 is 0. The first-order valence-corrected chi connectivity index (χ1v) is 13.6. The van der Waals surface area contributed by atoms with E-state index in [2.05, 4.69) is 5.32 Å². The second-order valence-electron chi connectivity index (χ2n) is 9.28. The summed E-state index contributed by atoms with van der Waals surface area (Å²) in [6.45, 7) is 0.980. The first kappa shape index (κ1) is 28.4. The third-order valence-electron chi connectivity index (χ3n) is 6.52. The molecular formula is C26H35FN4O5S. The molecule has 11 heteroatoms. The van der Waals surface area contributed by atoms with Crippen molar-refractivity contribution in [2.75, 3.05) is 32.1 Å². The van der Waals surface area contributed by atoms with Gasteiger partial charge in [0.2, 0.25) is 11.8 Å². The fourth-order valence-corrected chi connectivity index (χ4v) is 5.32. The van der Waals surface area contributed by atoms with Crippen LogP contribution in [0.25, 0.3) is 0 Å². The van der Waals surface area contributed by atoms with Crippen molar-refractivity contribution in [3.05, 3.63) is 59.9 Å². The number of nitrogens with zero attached hydrogens (tertiary/aromatic N) is 3. The van der Waals surface area contributed by atoms with Crippen molar-refractivity contribution in [3.8, 4) is 5.75 Å². The minimum atomic E-state index is -4.23. The third-order valence-corrected chi connectivity index (χ3v) is 8.33. The molecule has 37 heavy (non-hydrogen) atoms. The predicted molar refractivity (Wildman–Crippen MR) is 140 cm³/mol. The van der Waals surface area contributed by atoms with Crippen LogP contribution in [0.3, 0.4) is 0 Å². The molecule has 0 spiro atoms. The fourth-order valence-electron chi connectivity index (χ4n) is 4.26. The molecule has 1 aliphatic rings. The lowest BCUT2D eigenvalue weighted by atomic mass is 10.1. The number of halogens is 1. The normalized spacial score (nSPS) is 14.9. The summed E-state index contributed by atoms with van der Waals surface area (Å²) in [4.78, 5) is 28.1. The van der Waals surface area contributed by atoms with Crippen LogP contribution in [0.2, 0.25) is 0 Å². The number of hydrogen-bond donors (Lipinski definition) is 1. The molecule has 0 heterocycles. The molecule has 0 aliphatic heterocycles. The number of hydrogen-bond acceptors (Lipinski definition) is 5. The Morgan fingerprint density at radius 2 is 1.70 bits per heavy atom. The summed E-state index contributed by atoms with van der Waals surface area (Å²) in [7, 11) is -0.0711. The van der Waals surface area contributed by atoms with Gasteiger partial charge in [0.25, 0.3) is 0 Å². The molecule has 1 fully saturated rings. The molecule has 1 saturated carbocycles. The van der Waals surface area contributed by atoms with Gasteiger partial charge in [0.1, 0.15) is 24.2 Å². The summed E-state index contributed by atoms with van der Waals surface area (Å²) in [6, 6.07) is 11.5. The SMILES string of the molecule is COc1ccc(CN(C(=O)CN(c2ccccc2F)S(=O)(=O)N(C)C)C(C)C(=O)NC2CCCC2)cc1. The number of ether oxygens (including phenoxy) is 1. The largest absolute Gasteiger partial charge is 0.497 e. The predicted octanol–water partition coefficient (Wildman–Crippen LogP) is 2.92. The quantitative estimate of drug-likeness (QED) is 0.478. The Hall–Kier alpha value is -3.18. The Balaban J connectivity index is 1.93. The van der Waals surface area contributed by atoms with Gasteiger partial charge in [-0.15, -0.1) is 0 Å². The summed E-state index contributed by atoms with van der Waals surface area (Å²) in [5.74, 6) is -1.11. The number of methoxy groups -OCH3 is 1. The van der Waals surface area contributed by atoms with Gasteiger partial charge in [-0.2, -0.15) is 12.7 Å². The molecule has 1 atom stereocenters. The van der Waals surface area contributed by atoms with Crippen molar-refractivity contribution in [3.63, 3.8) is 0 Å². The Labute approximate surface area is 218 Å². The van der Waals surface area contributed by atoms with Gasteiger partial charge in [-0.05, 0) is 49.6 Å². The van der Waals surface area contributed by atoms with Crippen LogP contribution in [0.5, 0.6) is 5.75 Å². The smallest absolute Gasteiger partial charge is 0.304 e. The highest BCUT2D eigenvalue weighted by atomic mass is 32.2. The van der Waals surface area contributed by atoms with Crippen molar-refractivity contribution in [1.82, 2.24) is 14.5 Å². The number of para-hydroxylation sites is 1. The van der Waals surface area contributed by atoms with E-state index in [1.165, 1.54) is 37.2 Å². The van der Waals surface area contributed by atoms with Gasteiger partial charge in [0.15, 0.2) is 0 Å². The van der Waals surface area contributed by atoms with Crippen molar-refractivity contribution >= 4 is 27.7 Å². The van der Waals surface area contributed by atoms with E-state index < -0.39 is 34.5 Å². The zero-order valence-electron chi connectivity index (χ0n) is 21.7. The van der Waals surface area contributed by atoms with Gasteiger partial charge < -0.3 is 15.0 Å². The van der Waals surface area contributed by atoms with Gasteiger partial charge in [-0.3, -0.25) is 9.59 Å². The zero-order valence-corrected chi connectivity index (χ0v) is 22.5. The van der Waals surface area contributed by atoms with Crippen molar-refractivity contribution in [1.29, 1.82) is 0 Å². The lowest BCUT2D eigenvalue weighted by molar-refractivity contribution is -0.139. The minimum Gasteiger partial charge on any atom is -0.497 e. The standard InChI is InChI=1S/C26H35FN4O5S/c1-19(26(33)28-21-9-5-6-10-21)30(17-20-13-15-22(36-4)16-14-20)25(32)18-31(37(34,35)29(2)3)24-12-8-7-11-23(24)27/h7-8,11-16,19,21H,5-6,9-10,17-18H2,1-4H3,(H,28,33). The Morgan fingerprint density at radius 1 is 1.08 bits per heavy atom. The molecule has 3 rings (SSSR count). The first-order valence-electron chi connectivity index (χ1n) is 12.2. The molecule has 1 N–H and O–H groups in total. The van der Waals surface area contributed by atoms with Crippen LogP contribution >= 0.6 is 0 Å². The number of amides is 2. The highest BCUT2D eigenvalue weighted by Gasteiger charge is 2.34. The number of rotatable bonds is 11. The minimum absolute atomic E-state index is 0.0508. The Morgan fingerprint density at radius 3 is 2.27 bits per heavy atom. The molecule has 0 radical (unpaired) electrons. The van der Waals surface area contributed by atoms with Crippen molar-refractivity contribution < 1.29 is 27.1 Å². The van der Waals surface area contributed by atoms with E-state index in [-0.39, 0.29) is 24.2 Å². The third kappa shape index (κ3) is 6.98. The van der Waals surface area contributed by atoms with E-state index in [9.17, 15) is 22.4 Å². The summed E-state index contributed by atoms with van der Waals surface area (Å²) < 4.78 is 47.8. The first-order chi connectivity index (χ1) is 17.5. The molecule has 1 aliphatic carbocycles. The van der Waals surface area contributed by atoms with Crippen LogP contribution < -0.4 is 14.4 Å². The summed E-state index contributed by atoms with van der Waals surface area (Å²) in [5.41, 5.74) is 0.472. The van der Waals surface area contributed by atoms with Crippen LogP contribution in [0.4, 0.5) is 10.1 Å². The maximum atomic E-state index is 14.7. The molecule has 9 nitrogen and oxygen atoms in total. The van der Waals surface area contributed by atoms with E-state index in [1.807, 2.05) is 0 Å². The van der Waals surface area contributed by atoms with E-state index in [0.717, 1.165) is 45.9 Å². The topological polar surface area (TPSA) is 99.3 Å². The second kappa shape index (κ2) is 12.4. The second-order valence-corrected chi connectivity index (χ2v) is 11.4. The Bertz CT molecular complexity index is 1180. The maximum Gasteiger partial charge on any atom is 0.304 e. The van der Waals surface area contributed by atoms with Crippen LogP contribution in [0, 0.1) is 5.82 Å². The van der Waals surface area contributed by atoms with E-state index in [1.54, 1.807) is 38.3 Å². The van der Waals surface area contributed by atoms with Gasteiger partial charge in [-0.25, -0.2) is 8.70 Å². The van der Waals surface area contributed by atoms with Gasteiger partial charge in [0, 0.05) is 26.7 Å². The molecule has 2 aromatic carbocycles. The summed E-state index contributed by atoms with van der Waals surface area (Å²) in [5, 5.41) is 3.01. The molecule has 2 amide bonds. The average molecular weight is 535 g/mol. The lowest BCUT2D eigenvalue weighted by Crippen LogP contribution is -2.53. The molecule has 0 saturated heterocycles. The lowest BCUT2D eigenvalue weighted by Gasteiger charge is -2.33. The van der Waals surface area contributed by atoms with Crippen LogP contribution in [0.1, 0.15) is 38.2 Å². The van der Waals surface area contributed by atoms with Crippen molar-refractivity contribution in [2.24, 2.45) is 0 Å². The summed E-state index contributed by atoms with van der Waals surface area (Å²) in [6.07, 6.45) is 3.84. The monoisotopic (exact) mass is 534 g/mol. The zero-order chi connectivity index (χ0) is 27.2. The van der Waals surface area contributed by atoms with Crippen molar-refractivity contribution in [2.45, 2.75) is 51.2 Å². The van der Waals surface area contributed by atoms with Crippen LogP contribution in [0.15, 0.2) is 48.5 Å². The highest BCUT2D eigenvalue weighted by Crippen LogP contribution is 2.24. The fraction of sp³-hybridized carbons (Fsp3) is 0.462. The van der Waals surface area contributed by atoms with Gasteiger partial charge >= 0.3 is 10.2 Å². The van der Waals surface area contributed by atoms with Crippen LogP contribution in [-0.4, -0.2) is 69.3 Å². The number of benzene rings is 2. The molecule has 0 bridgehead atoms. The number of nitrogens with one attached hydrogen (secondary N) is 1. The highest BCUT2D eigenvalue weighted by molar-refractivity contribution is 7.90. The molecule has 202 valence electrons. The average Bonchev–Trinajstić information content (AvgIpc) is 3.39. The van der Waals surface area contributed by atoms with Gasteiger partial charge in [-0.1, -0.05) is 37.1 Å². The molecular weight excluding hydrogens is 499 g/mol. The van der Waals surface area contributed by atoms with Crippen LogP contribution in [-0.2, 0) is 26.3 Å². The Kier molecular flexibility index (Phi) is 9.50.